The van der Waals surface area contributed by atoms with Crippen molar-refractivity contribution in [3.05, 3.63) is 83.4 Å². The number of rotatable bonds is 6. The van der Waals surface area contributed by atoms with E-state index >= 15 is 0 Å². The molecule has 0 saturated heterocycles. The van der Waals surface area contributed by atoms with Crippen LogP contribution in [-0.2, 0) is 7.05 Å². The first kappa shape index (κ1) is 18.3. The molecule has 0 unspecified atom stereocenters. The van der Waals surface area contributed by atoms with E-state index in [1.165, 1.54) is 17.0 Å². The number of carbonyl (C=O) groups is 1. The zero-order chi connectivity index (χ0) is 20.2. The van der Waals surface area contributed by atoms with E-state index in [1.807, 2.05) is 18.2 Å². The van der Waals surface area contributed by atoms with E-state index < -0.39 is 0 Å². The molecule has 8 nitrogen and oxygen atoms in total. The first-order valence-electron chi connectivity index (χ1n) is 8.86. The van der Waals surface area contributed by atoms with Crippen molar-refractivity contribution in [2.45, 2.75) is 0 Å². The minimum Gasteiger partial charge on any atom is -0.472 e. The lowest BCUT2D eigenvalue weighted by atomic mass is 10.0. The largest absolute Gasteiger partial charge is 0.472 e. The van der Waals surface area contributed by atoms with Crippen LogP contribution in [0.25, 0.3) is 22.5 Å². The SMILES string of the molecule is Cn1c(NCC(=O)c2cccc(-c3ccoc3)c2)nc(-c2ccncn2)cc1=O. The van der Waals surface area contributed by atoms with Gasteiger partial charge in [0.2, 0.25) is 5.95 Å². The van der Waals surface area contributed by atoms with Gasteiger partial charge in [-0.25, -0.2) is 15.0 Å². The number of nitrogens with zero attached hydrogens (tertiary/aromatic N) is 4. The van der Waals surface area contributed by atoms with Gasteiger partial charge in [-0.05, 0) is 23.8 Å². The lowest BCUT2D eigenvalue weighted by Crippen LogP contribution is -2.24. The Morgan fingerprint density at radius 3 is 2.79 bits per heavy atom. The van der Waals surface area contributed by atoms with Crippen LogP contribution < -0.4 is 10.9 Å². The van der Waals surface area contributed by atoms with Gasteiger partial charge >= 0.3 is 0 Å². The van der Waals surface area contributed by atoms with Crippen LogP contribution in [0.1, 0.15) is 10.4 Å². The van der Waals surface area contributed by atoms with Gasteiger partial charge in [0.1, 0.15) is 6.33 Å². The summed E-state index contributed by atoms with van der Waals surface area (Å²) in [6.45, 7) is -0.0116. The number of hydrogen-bond acceptors (Lipinski definition) is 7. The van der Waals surface area contributed by atoms with Gasteiger partial charge in [-0.15, -0.1) is 0 Å². The summed E-state index contributed by atoms with van der Waals surface area (Å²) in [5.41, 5.74) is 3.01. The van der Waals surface area contributed by atoms with Crippen LogP contribution in [0.4, 0.5) is 5.95 Å². The summed E-state index contributed by atoms with van der Waals surface area (Å²) < 4.78 is 6.45. The molecule has 3 heterocycles. The molecule has 29 heavy (non-hydrogen) atoms. The van der Waals surface area contributed by atoms with Gasteiger partial charge in [0, 0.05) is 30.4 Å². The third-order valence-corrected chi connectivity index (χ3v) is 4.43. The first-order chi connectivity index (χ1) is 14.1. The van der Waals surface area contributed by atoms with Gasteiger partial charge < -0.3 is 9.73 Å². The zero-order valence-electron chi connectivity index (χ0n) is 15.6. The molecule has 0 aliphatic rings. The Morgan fingerprint density at radius 1 is 1.14 bits per heavy atom. The number of furan rings is 1. The normalized spacial score (nSPS) is 10.7. The number of hydrogen-bond donors (Lipinski definition) is 1. The molecule has 144 valence electrons. The average Bonchev–Trinajstić information content (AvgIpc) is 3.30. The summed E-state index contributed by atoms with van der Waals surface area (Å²) in [6, 6.07) is 12.2. The molecule has 0 radical (unpaired) electrons. The number of Topliss-reactive ketones (excluding diaryl/α,β-unsaturated/α-hetero) is 1. The highest BCUT2D eigenvalue weighted by molar-refractivity contribution is 5.99. The smallest absolute Gasteiger partial charge is 0.255 e. The third kappa shape index (κ3) is 3.96. The molecule has 0 saturated carbocycles. The van der Waals surface area contributed by atoms with Crippen molar-refractivity contribution in [1.82, 2.24) is 19.5 Å². The van der Waals surface area contributed by atoms with Crippen molar-refractivity contribution in [3.8, 4) is 22.5 Å². The van der Waals surface area contributed by atoms with E-state index in [0.29, 0.717) is 17.0 Å². The number of aromatic nitrogens is 4. The Balaban J connectivity index is 1.55. The van der Waals surface area contributed by atoms with Crippen LogP contribution in [0.3, 0.4) is 0 Å². The number of anilines is 1. The fourth-order valence-corrected chi connectivity index (χ4v) is 2.83. The molecule has 4 rings (SSSR count). The van der Waals surface area contributed by atoms with Crippen LogP contribution in [-0.4, -0.2) is 31.8 Å². The molecule has 0 amide bonds. The van der Waals surface area contributed by atoms with Crippen molar-refractivity contribution in [2.75, 3.05) is 11.9 Å². The van der Waals surface area contributed by atoms with Crippen molar-refractivity contribution in [3.63, 3.8) is 0 Å². The summed E-state index contributed by atoms with van der Waals surface area (Å²) in [4.78, 5) is 37.3. The summed E-state index contributed by atoms with van der Waals surface area (Å²) in [7, 11) is 1.59. The molecule has 4 aromatic rings. The molecule has 3 aromatic heterocycles. The molecular weight excluding hydrogens is 370 g/mol. The van der Waals surface area contributed by atoms with E-state index in [1.54, 1.807) is 44.0 Å². The van der Waals surface area contributed by atoms with E-state index in [9.17, 15) is 9.59 Å². The maximum absolute atomic E-state index is 12.7. The molecule has 1 aromatic carbocycles. The minimum absolute atomic E-state index is 0.0116. The number of nitrogens with one attached hydrogen (secondary N) is 1. The second kappa shape index (κ2) is 7.89. The van der Waals surface area contributed by atoms with Gasteiger partial charge in [-0.2, -0.15) is 0 Å². The van der Waals surface area contributed by atoms with E-state index in [4.69, 9.17) is 4.42 Å². The second-order valence-corrected chi connectivity index (χ2v) is 6.33. The highest BCUT2D eigenvalue weighted by Gasteiger charge is 2.12. The highest BCUT2D eigenvalue weighted by atomic mass is 16.3. The van der Waals surface area contributed by atoms with Gasteiger partial charge in [0.05, 0.1) is 30.5 Å². The van der Waals surface area contributed by atoms with Crippen LogP contribution in [0.2, 0.25) is 0 Å². The van der Waals surface area contributed by atoms with E-state index in [0.717, 1.165) is 11.1 Å². The van der Waals surface area contributed by atoms with Crippen molar-refractivity contribution >= 4 is 11.7 Å². The number of ketones is 1. The zero-order valence-corrected chi connectivity index (χ0v) is 15.6. The molecule has 0 bridgehead atoms. The molecule has 0 atom stereocenters. The summed E-state index contributed by atoms with van der Waals surface area (Å²) >= 11 is 0. The van der Waals surface area contributed by atoms with Crippen LogP contribution in [0, 0.1) is 0 Å². The van der Waals surface area contributed by atoms with Crippen LogP contribution >= 0.6 is 0 Å². The molecule has 1 N–H and O–H groups in total. The van der Waals surface area contributed by atoms with E-state index in [2.05, 4.69) is 20.3 Å². The van der Waals surface area contributed by atoms with Crippen molar-refractivity contribution < 1.29 is 9.21 Å². The fraction of sp³-hybridized carbons (Fsp3) is 0.0952. The molecule has 0 fully saturated rings. The van der Waals surface area contributed by atoms with Gasteiger partial charge in [-0.1, -0.05) is 18.2 Å². The Morgan fingerprint density at radius 2 is 2.03 bits per heavy atom. The maximum atomic E-state index is 12.7. The minimum atomic E-state index is -0.259. The second-order valence-electron chi connectivity index (χ2n) is 6.33. The fourth-order valence-electron chi connectivity index (χ4n) is 2.83. The third-order valence-electron chi connectivity index (χ3n) is 4.43. The maximum Gasteiger partial charge on any atom is 0.255 e. The Bertz CT molecular complexity index is 1200. The van der Waals surface area contributed by atoms with Crippen molar-refractivity contribution in [2.24, 2.45) is 7.05 Å². The molecular formula is C21H17N5O3. The molecule has 0 aliphatic carbocycles. The summed E-state index contributed by atoms with van der Waals surface area (Å²) in [6.07, 6.45) is 6.17. The predicted octanol–water partition coefficient (Wildman–Crippen LogP) is 2.79. The van der Waals surface area contributed by atoms with Crippen LogP contribution in [0.15, 0.2) is 76.7 Å². The topological polar surface area (TPSA) is 103 Å². The monoisotopic (exact) mass is 387 g/mol. The Kier molecular flexibility index (Phi) is 4.98. The quantitative estimate of drug-likeness (QED) is 0.507. The van der Waals surface area contributed by atoms with Crippen LogP contribution in [0.5, 0.6) is 0 Å². The average molecular weight is 387 g/mol. The number of carbonyl (C=O) groups excluding carboxylic acids is 1. The van der Waals surface area contributed by atoms with Crippen molar-refractivity contribution in [1.29, 1.82) is 0 Å². The van der Waals surface area contributed by atoms with E-state index in [-0.39, 0.29) is 23.8 Å². The standard InChI is InChI=1S/C21H17N5O3/c1-26-20(28)10-18(17-5-7-22-13-24-17)25-21(26)23-11-19(27)15-4-2-3-14(9-15)16-6-8-29-12-16/h2-10,12-13H,11H2,1H3,(H,23,25). The lowest BCUT2D eigenvalue weighted by molar-refractivity contribution is 0.101. The summed E-state index contributed by atoms with van der Waals surface area (Å²) in [5.74, 6) is 0.155. The number of benzene rings is 1. The lowest BCUT2D eigenvalue weighted by Gasteiger charge is -2.11. The summed E-state index contributed by atoms with van der Waals surface area (Å²) in [5, 5.41) is 2.96. The van der Waals surface area contributed by atoms with Gasteiger partial charge in [-0.3, -0.25) is 14.2 Å². The van der Waals surface area contributed by atoms with Gasteiger partial charge in [0.15, 0.2) is 5.78 Å². The van der Waals surface area contributed by atoms with Gasteiger partial charge in [0.25, 0.3) is 5.56 Å². The first-order valence-corrected chi connectivity index (χ1v) is 8.86. The Labute approximate surface area is 165 Å². The molecule has 0 aliphatic heterocycles. The molecule has 0 spiro atoms. The Hall–Kier alpha value is -4.07. The predicted molar refractivity (Wildman–Crippen MR) is 107 cm³/mol. The highest BCUT2D eigenvalue weighted by Crippen LogP contribution is 2.21. The molecule has 8 heteroatoms.